The van der Waals surface area contributed by atoms with Crippen LogP contribution in [0.15, 0.2) is 42.5 Å². The molecule has 2 aromatic carbocycles. The van der Waals surface area contributed by atoms with Crippen LogP contribution in [-0.4, -0.2) is 95.2 Å². The number of rotatable bonds is 9. The molecule has 1 amide bonds. The van der Waals surface area contributed by atoms with E-state index in [4.69, 9.17) is 14.2 Å². The van der Waals surface area contributed by atoms with Crippen molar-refractivity contribution in [1.29, 1.82) is 0 Å². The summed E-state index contributed by atoms with van der Waals surface area (Å²) < 4.78 is 56.5. The molecule has 4 aliphatic rings. The molecular formula is C41H53F3N6O5. The Labute approximate surface area is 321 Å². The standard InChI is InChI=1S/C41H53F3N6O5/c1-29(2)37(52)50-20-5-6-22-54-35-24-31(10-13-33(35)34(51)14-15-40(16-17-40)27-49-18-3-4-19-49)25-36-46-38(48-39(47-36)55-28-41(42,43)44)45-26-30-8-11-32(12-9-30)53-23-7-21-50/h8-13,24,29H,3-7,14-23,25-28H2,1-2H3,(H,45,46,47,48). The van der Waals surface area contributed by atoms with E-state index < -0.39 is 18.8 Å². The molecule has 0 atom stereocenters. The number of carbonyl (C=O) groups excluding carboxylic acids is 2. The number of hydrogen-bond acceptors (Lipinski definition) is 10. The minimum absolute atomic E-state index is 0.0185. The monoisotopic (exact) mass is 766 g/mol. The van der Waals surface area contributed by atoms with Crippen LogP contribution in [0.1, 0.15) is 98.9 Å². The first-order valence-electron chi connectivity index (χ1n) is 19.6. The van der Waals surface area contributed by atoms with Gasteiger partial charge >= 0.3 is 12.2 Å². The maximum Gasteiger partial charge on any atom is 0.422 e. The number of nitrogens with zero attached hydrogens (tertiary/aromatic N) is 5. The molecule has 2 fully saturated rings. The van der Waals surface area contributed by atoms with Crippen LogP contribution < -0.4 is 19.5 Å². The number of anilines is 1. The van der Waals surface area contributed by atoms with Crippen LogP contribution in [0.25, 0.3) is 0 Å². The van der Waals surface area contributed by atoms with Gasteiger partial charge in [0.05, 0.1) is 18.8 Å². The molecule has 1 aliphatic carbocycles. The van der Waals surface area contributed by atoms with Crippen LogP contribution in [-0.2, 0) is 17.8 Å². The molecule has 14 heteroatoms. The topological polar surface area (TPSA) is 119 Å². The van der Waals surface area contributed by atoms with Crippen molar-refractivity contribution in [2.75, 3.05) is 57.9 Å². The Hall–Kier alpha value is -4.46. The molecule has 298 valence electrons. The third-order valence-electron chi connectivity index (χ3n) is 10.4. The summed E-state index contributed by atoms with van der Waals surface area (Å²) in [5.41, 5.74) is 2.29. The zero-order chi connectivity index (χ0) is 38.8. The molecule has 1 saturated carbocycles. The van der Waals surface area contributed by atoms with E-state index in [1.54, 1.807) is 12.1 Å². The van der Waals surface area contributed by atoms with Gasteiger partial charge in [0.2, 0.25) is 11.9 Å². The second kappa shape index (κ2) is 18.4. The van der Waals surface area contributed by atoms with Crippen molar-refractivity contribution < 1.29 is 37.0 Å². The minimum Gasteiger partial charge on any atom is -0.494 e. The van der Waals surface area contributed by atoms with Crippen LogP contribution in [0.5, 0.6) is 17.5 Å². The molecule has 11 nitrogen and oxygen atoms in total. The molecule has 3 aliphatic heterocycles. The highest BCUT2D eigenvalue weighted by atomic mass is 19.4. The van der Waals surface area contributed by atoms with Gasteiger partial charge in [0.15, 0.2) is 12.4 Å². The van der Waals surface area contributed by atoms with E-state index in [0.29, 0.717) is 74.6 Å². The Balaban J connectivity index is 1.23. The second-order valence-electron chi connectivity index (χ2n) is 15.4. The first-order valence-corrected chi connectivity index (χ1v) is 19.6. The zero-order valence-corrected chi connectivity index (χ0v) is 32.0. The van der Waals surface area contributed by atoms with Gasteiger partial charge in [-0.3, -0.25) is 9.59 Å². The van der Waals surface area contributed by atoms with Crippen molar-refractivity contribution in [2.24, 2.45) is 11.3 Å². The summed E-state index contributed by atoms with van der Waals surface area (Å²) in [6, 6.07) is 12.3. The largest absolute Gasteiger partial charge is 0.494 e. The lowest BCUT2D eigenvalue weighted by Crippen LogP contribution is -2.36. The summed E-state index contributed by atoms with van der Waals surface area (Å²) in [4.78, 5) is 44.1. The number of fused-ring (bicyclic) bond motifs is 12. The molecule has 1 saturated heterocycles. The lowest BCUT2D eigenvalue weighted by molar-refractivity contribution is -0.154. The summed E-state index contributed by atoms with van der Waals surface area (Å²) in [7, 11) is 0. The SMILES string of the molecule is CC(C)C(=O)N1CCCCOc2cc(ccc2C(=O)CCC2(CN3CCCC3)CC2)Cc2nc(nc(OCC(F)(F)F)n2)NCc2ccc(cc2)OCCC1. The first kappa shape index (κ1) is 40.2. The smallest absolute Gasteiger partial charge is 0.422 e. The van der Waals surface area contributed by atoms with Gasteiger partial charge in [-0.1, -0.05) is 32.0 Å². The molecule has 3 aromatic rings. The van der Waals surface area contributed by atoms with E-state index in [2.05, 4.69) is 25.2 Å². The summed E-state index contributed by atoms with van der Waals surface area (Å²) >= 11 is 0. The number of Topliss-reactive ketones (excluding diaryl/α,β-unsaturated/α-hetero) is 1. The first-order chi connectivity index (χ1) is 26.4. The van der Waals surface area contributed by atoms with Crippen molar-refractivity contribution in [3.63, 3.8) is 0 Å². The van der Waals surface area contributed by atoms with Crippen molar-refractivity contribution >= 4 is 17.6 Å². The second-order valence-corrected chi connectivity index (χ2v) is 15.4. The summed E-state index contributed by atoms with van der Waals surface area (Å²) in [6.07, 6.45) is 3.60. The number of ether oxygens (including phenoxy) is 3. The van der Waals surface area contributed by atoms with Crippen LogP contribution in [0.2, 0.25) is 0 Å². The number of likely N-dealkylation sites (tertiary alicyclic amines) is 1. The number of ketones is 1. The summed E-state index contributed by atoms with van der Waals surface area (Å²) in [5, 5.41) is 3.08. The molecule has 0 spiro atoms. The number of hydrogen-bond donors (Lipinski definition) is 1. The van der Waals surface area contributed by atoms with Gasteiger partial charge in [-0.05, 0) is 105 Å². The quantitative estimate of drug-likeness (QED) is 0.223. The fourth-order valence-corrected chi connectivity index (χ4v) is 7.18. The molecule has 7 rings (SSSR count). The van der Waals surface area contributed by atoms with Gasteiger partial charge in [-0.2, -0.15) is 28.1 Å². The zero-order valence-electron chi connectivity index (χ0n) is 32.0. The molecule has 4 heterocycles. The van der Waals surface area contributed by atoms with Gasteiger partial charge in [-0.25, -0.2) is 0 Å². The number of aromatic nitrogens is 3. The van der Waals surface area contributed by atoms with Gasteiger partial charge < -0.3 is 29.3 Å². The Kier molecular flexibility index (Phi) is 13.5. The molecule has 1 N–H and O–H groups in total. The van der Waals surface area contributed by atoms with E-state index in [1.807, 2.05) is 49.1 Å². The number of alkyl halides is 3. The predicted molar refractivity (Wildman–Crippen MR) is 202 cm³/mol. The van der Waals surface area contributed by atoms with E-state index >= 15 is 0 Å². The number of halogens is 3. The van der Waals surface area contributed by atoms with E-state index in [0.717, 1.165) is 44.5 Å². The number of amides is 1. The Bertz CT molecular complexity index is 1750. The van der Waals surface area contributed by atoms with Crippen molar-refractivity contribution in [2.45, 2.75) is 90.8 Å². The average Bonchev–Trinajstić information content (AvgIpc) is 3.73. The van der Waals surface area contributed by atoms with Gasteiger partial charge in [0, 0.05) is 44.9 Å². The predicted octanol–water partition coefficient (Wildman–Crippen LogP) is 7.28. The van der Waals surface area contributed by atoms with Crippen molar-refractivity contribution in [3.8, 4) is 17.5 Å². The van der Waals surface area contributed by atoms with Crippen LogP contribution in [0, 0.1) is 11.3 Å². The highest BCUT2D eigenvalue weighted by Crippen LogP contribution is 2.51. The van der Waals surface area contributed by atoms with E-state index in [1.165, 1.54) is 12.8 Å². The lowest BCUT2D eigenvalue weighted by Gasteiger charge is -2.25. The Morgan fingerprint density at radius 1 is 0.891 bits per heavy atom. The van der Waals surface area contributed by atoms with E-state index in [-0.39, 0.29) is 47.8 Å². The number of carbonyl (C=O) groups is 2. The highest BCUT2D eigenvalue weighted by molar-refractivity contribution is 5.98. The van der Waals surface area contributed by atoms with Crippen molar-refractivity contribution in [3.05, 3.63) is 65.0 Å². The Morgan fingerprint density at radius 3 is 2.33 bits per heavy atom. The van der Waals surface area contributed by atoms with Crippen LogP contribution in [0.4, 0.5) is 19.1 Å². The lowest BCUT2D eigenvalue weighted by atomic mass is 9.94. The fourth-order valence-electron chi connectivity index (χ4n) is 7.18. The van der Waals surface area contributed by atoms with Crippen LogP contribution in [0.3, 0.4) is 0 Å². The summed E-state index contributed by atoms with van der Waals surface area (Å²) in [6.45, 7) is 7.77. The molecule has 0 radical (unpaired) electrons. The van der Waals surface area contributed by atoms with Crippen molar-refractivity contribution in [1.82, 2.24) is 24.8 Å². The normalized spacial score (nSPS) is 18.3. The third-order valence-corrected chi connectivity index (χ3v) is 10.4. The number of benzene rings is 2. The van der Waals surface area contributed by atoms with Gasteiger partial charge in [0.1, 0.15) is 17.3 Å². The summed E-state index contributed by atoms with van der Waals surface area (Å²) in [5.74, 6) is 1.36. The molecule has 0 unspecified atom stereocenters. The Morgan fingerprint density at radius 2 is 1.60 bits per heavy atom. The third kappa shape index (κ3) is 12.3. The van der Waals surface area contributed by atoms with Gasteiger partial charge in [0.25, 0.3) is 0 Å². The van der Waals surface area contributed by atoms with Gasteiger partial charge in [-0.15, -0.1) is 0 Å². The van der Waals surface area contributed by atoms with Crippen LogP contribution >= 0.6 is 0 Å². The minimum atomic E-state index is -4.58. The average molecular weight is 767 g/mol. The maximum absolute atomic E-state index is 13.8. The van der Waals surface area contributed by atoms with E-state index in [9.17, 15) is 22.8 Å². The molecular weight excluding hydrogens is 713 g/mol. The fraction of sp³-hybridized carbons (Fsp3) is 0.585. The molecule has 55 heavy (non-hydrogen) atoms. The molecule has 1 aromatic heterocycles. The maximum atomic E-state index is 13.8. The highest BCUT2D eigenvalue weighted by Gasteiger charge is 2.44. The molecule has 6 bridgehead atoms. The number of nitrogens with one attached hydrogen (secondary N) is 1.